The third-order valence-corrected chi connectivity index (χ3v) is 5.26. The van der Waals surface area contributed by atoms with Gasteiger partial charge < -0.3 is 24.8 Å². The highest BCUT2D eigenvalue weighted by atomic mass is 35.5. The topological polar surface area (TPSA) is 85.8 Å². The van der Waals surface area contributed by atoms with Crippen LogP contribution >= 0.6 is 11.6 Å². The van der Waals surface area contributed by atoms with E-state index >= 15 is 0 Å². The number of aromatic nitrogens is 1. The van der Waals surface area contributed by atoms with Crippen LogP contribution in [0.3, 0.4) is 0 Å². The summed E-state index contributed by atoms with van der Waals surface area (Å²) in [5.41, 5.74) is 3.73. The van der Waals surface area contributed by atoms with Crippen LogP contribution in [-0.4, -0.2) is 45.9 Å². The van der Waals surface area contributed by atoms with E-state index in [1.54, 1.807) is 7.11 Å². The highest BCUT2D eigenvalue weighted by Crippen LogP contribution is 2.39. The summed E-state index contributed by atoms with van der Waals surface area (Å²) in [5, 5.41) is 20.6. The Morgan fingerprint density at radius 3 is 2.67 bits per heavy atom. The van der Waals surface area contributed by atoms with E-state index in [1.165, 1.54) is 4.90 Å². The Hall–Kier alpha value is -2.54. The molecule has 7 heteroatoms. The number of carbonyl (C=O) groups excluding carboxylic acids is 1. The van der Waals surface area contributed by atoms with Crippen molar-refractivity contribution in [3.63, 3.8) is 0 Å². The van der Waals surface area contributed by atoms with E-state index in [0.717, 1.165) is 27.7 Å². The second kappa shape index (κ2) is 6.88. The number of nitrogens with one attached hydrogen (secondary N) is 1. The third-order valence-electron chi connectivity index (χ3n) is 5.02. The summed E-state index contributed by atoms with van der Waals surface area (Å²) >= 11 is 6.17. The molecular formula is C20H19ClN2O4. The van der Waals surface area contributed by atoms with Gasteiger partial charge in [0.1, 0.15) is 5.75 Å². The number of fused-ring (bicyclic) bond motifs is 3. The van der Waals surface area contributed by atoms with Crippen LogP contribution in [0.5, 0.6) is 5.75 Å². The Balaban J connectivity index is 1.88. The number of hydrogen-bond acceptors (Lipinski definition) is 4. The molecule has 0 saturated heterocycles. The minimum Gasteiger partial charge on any atom is -0.497 e. The maximum atomic E-state index is 12.5. The molecule has 1 aromatic heterocycles. The number of ether oxygens (including phenoxy) is 1. The number of methoxy groups -OCH3 is 1. The maximum Gasteiger partial charge on any atom is 0.280 e. The van der Waals surface area contributed by atoms with Crippen molar-refractivity contribution in [2.45, 2.75) is 18.8 Å². The van der Waals surface area contributed by atoms with Gasteiger partial charge in [-0.25, -0.2) is 0 Å². The second-order valence-corrected chi connectivity index (χ2v) is 6.97. The molecule has 1 aliphatic rings. The number of nitrogens with zero attached hydrogens (tertiary/aromatic N) is 1. The first-order chi connectivity index (χ1) is 13.0. The Morgan fingerprint density at radius 2 is 2.00 bits per heavy atom. The molecule has 0 saturated carbocycles. The molecule has 0 bridgehead atoms. The van der Waals surface area contributed by atoms with Gasteiger partial charge in [-0.15, -0.1) is 0 Å². The lowest BCUT2D eigenvalue weighted by atomic mass is 9.92. The van der Waals surface area contributed by atoms with E-state index in [2.05, 4.69) is 4.98 Å². The van der Waals surface area contributed by atoms with Gasteiger partial charge >= 0.3 is 0 Å². The molecule has 1 amide bonds. The fraction of sp³-hybridized carbons (Fsp3) is 0.250. The van der Waals surface area contributed by atoms with Crippen LogP contribution in [0.15, 0.2) is 42.5 Å². The summed E-state index contributed by atoms with van der Waals surface area (Å²) in [6, 6.07) is 12.6. The van der Waals surface area contributed by atoms with E-state index in [-0.39, 0.29) is 0 Å². The molecule has 0 aliphatic carbocycles. The van der Waals surface area contributed by atoms with E-state index < -0.39 is 18.2 Å². The molecule has 0 fully saturated rings. The van der Waals surface area contributed by atoms with Gasteiger partial charge in [-0.1, -0.05) is 23.7 Å². The van der Waals surface area contributed by atoms with Gasteiger partial charge in [0, 0.05) is 28.2 Å². The van der Waals surface area contributed by atoms with Crippen LogP contribution in [0.1, 0.15) is 22.9 Å². The molecule has 6 nitrogen and oxygen atoms in total. The number of aliphatic hydroxyl groups excluding tert-OH is 1. The number of carbonyl (C=O) groups is 1. The van der Waals surface area contributed by atoms with Gasteiger partial charge in [-0.2, -0.15) is 0 Å². The summed E-state index contributed by atoms with van der Waals surface area (Å²) < 4.78 is 5.22. The average Bonchev–Trinajstić information content (AvgIpc) is 3.04. The molecule has 1 aliphatic heterocycles. The van der Waals surface area contributed by atoms with Crippen molar-refractivity contribution in [2.24, 2.45) is 0 Å². The normalized spacial score (nSPS) is 16.6. The molecule has 140 valence electrons. The van der Waals surface area contributed by atoms with Crippen molar-refractivity contribution in [2.75, 3.05) is 13.7 Å². The van der Waals surface area contributed by atoms with Gasteiger partial charge in [0.05, 0.1) is 13.2 Å². The number of halogens is 1. The lowest BCUT2D eigenvalue weighted by Crippen LogP contribution is -2.45. The number of benzene rings is 2. The zero-order chi connectivity index (χ0) is 19.1. The van der Waals surface area contributed by atoms with Crippen LogP contribution in [0.2, 0.25) is 5.02 Å². The highest BCUT2D eigenvalue weighted by molar-refractivity contribution is 6.31. The van der Waals surface area contributed by atoms with E-state index in [9.17, 15) is 15.0 Å². The van der Waals surface area contributed by atoms with Gasteiger partial charge in [0.25, 0.3) is 5.91 Å². The number of amides is 1. The van der Waals surface area contributed by atoms with Crippen molar-refractivity contribution in [3.05, 3.63) is 64.3 Å². The maximum absolute atomic E-state index is 12.5. The SMILES string of the molecule is COc1ccc(C2c3[nH]c4ccc(Cl)cc4c3CCN2C(=O)C(O)O)cc1. The molecule has 0 radical (unpaired) electrons. The predicted octanol–water partition coefficient (Wildman–Crippen LogP) is 2.61. The van der Waals surface area contributed by atoms with Crippen molar-refractivity contribution in [1.82, 2.24) is 9.88 Å². The van der Waals surface area contributed by atoms with Crippen molar-refractivity contribution in [1.29, 1.82) is 0 Å². The quantitative estimate of drug-likeness (QED) is 0.604. The number of hydrogen-bond donors (Lipinski definition) is 3. The molecule has 2 heterocycles. The summed E-state index contributed by atoms with van der Waals surface area (Å²) in [5.74, 6) is -0.0172. The molecule has 27 heavy (non-hydrogen) atoms. The summed E-state index contributed by atoms with van der Waals surface area (Å²) in [6.45, 7) is 0.375. The molecule has 3 N–H and O–H groups in total. The van der Waals surface area contributed by atoms with Gasteiger partial charge in [0.15, 0.2) is 0 Å². The van der Waals surface area contributed by atoms with Gasteiger partial charge in [0.2, 0.25) is 6.29 Å². The van der Waals surface area contributed by atoms with Crippen LogP contribution in [-0.2, 0) is 11.2 Å². The van der Waals surface area contributed by atoms with Crippen molar-refractivity contribution >= 4 is 28.4 Å². The molecule has 1 unspecified atom stereocenters. The lowest BCUT2D eigenvalue weighted by molar-refractivity contribution is -0.161. The second-order valence-electron chi connectivity index (χ2n) is 6.54. The fourth-order valence-corrected chi connectivity index (χ4v) is 3.95. The van der Waals surface area contributed by atoms with E-state index in [0.29, 0.717) is 23.7 Å². The third kappa shape index (κ3) is 3.06. The Bertz CT molecular complexity index is 997. The van der Waals surface area contributed by atoms with Gasteiger partial charge in [-0.3, -0.25) is 4.79 Å². The van der Waals surface area contributed by atoms with E-state index in [1.807, 2.05) is 42.5 Å². The average molecular weight is 387 g/mol. The van der Waals surface area contributed by atoms with Crippen LogP contribution in [0.4, 0.5) is 0 Å². The molecular weight excluding hydrogens is 368 g/mol. The first-order valence-corrected chi connectivity index (χ1v) is 8.98. The first-order valence-electron chi connectivity index (χ1n) is 8.60. The van der Waals surface area contributed by atoms with Crippen molar-refractivity contribution in [3.8, 4) is 5.75 Å². The molecule has 3 aromatic rings. The lowest BCUT2D eigenvalue weighted by Gasteiger charge is -2.36. The van der Waals surface area contributed by atoms with Crippen molar-refractivity contribution < 1.29 is 19.7 Å². The summed E-state index contributed by atoms with van der Waals surface area (Å²) in [6.07, 6.45) is -1.45. The fourth-order valence-electron chi connectivity index (χ4n) is 3.78. The standard InChI is InChI=1S/C20H19ClN2O4/c1-27-13-5-2-11(3-6-13)18-17-14(8-9-23(18)19(24)20(25)26)15-10-12(21)4-7-16(15)22-17/h2-7,10,18,20,22,25-26H,8-9H2,1H3. The molecule has 2 aromatic carbocycles. The molecule has 1 atom stereocenters. The highest BCUT2D eigenvalue weighted by Gasteiger charge is 2.36. The van der Waals surface area contributed by atoms with Gasteiger partial charge in [-0.05, 0) is 47.9 Å². The minimum absolute atomic E-state index is 0.375. The number of aromatic amines is 1. The largest absolute Gasteiger partial charge is 0.497 e. The smallest absolute Gasteiger partial charge is 0.280 e. The zero-order valence-corrected chi connectivity index (χ0v) is 15.4. The number of rotatable bonds is 3. The zero-order valence-electron chi connectivity index (χ0n) is 14.6. The molecule has 0 spiro atoms. The van der Waals surface area contributed by atoms with Crippen LogP contribution < -0.4 is 4.74 Å². The Kier molecular flexibility index (Phi) is 4.55. The van der Waals surface area contributed by atoms with Crippen LogP contribution in [0.25, 0.3) is 10.9 Å². The Labute approximate surface area is 160 Å². The minimum atomic E-state index is -2.05. The molecule has 4 rings (SSSR count). The predicted molar refractivity (Wildman–Crippen MR) is 102 cm³/mol. The number of H-pyrrole nitrogens is 1. The monoisotopic (exact) mass is 386 g/mol. The first kappa shape index (κ1) is 17.9. The van der Waals surface area contributed by atoms with E-state index in [4.69, 9.17) is 16.3 Å². The Morgan fingerprint density at radius 1 is 1.26 bits per heavy atom. The summed E-state index contributed by atoms with van der Waals surface area (Å²) in [4.78, 5) is 17.3. The van der Waals surface area contributed by atoms with Crippen LogP contribution in [0, 0.1) is 0 Å². The number of aliphatic hydroxyl groups is 2. The summed E-state index contributed by atoms with van der Waals surface area (Å²) in [7, 11) is 1.59.